The van der Waals surface area contributed by atoms with Gasteiger partial charge in [0.2, 0.25) is 0 Å². The van der Waals surface area contributed by atoms with Crippen LogP contribution in [0.1, 0.15) is 24.9 Å². The fourth-order valence-corrected chi connectivity index (χ4v) is 1.75. The number of rotatable bonds is 8. The number of benzene rings is 1. The van der Waals surface area contributed by atoms with E-state index in [1.807, 2.05) is 12.1 Å². The molecule has 1 amide bonds. The van der Waals surface area contributed by atoms with E-state index < -0.39 is 11.9 Å². The molecule has 0 aromatic heterocycles. The SMILES string of the molecule is COc1ccc(C(C)NC(=O)/C(C#N)=C\NCCC(=O)O)cc1. The van der Waals surface area contributed by atoms with E-state index in [0.29, 0.717) is 5.75 Å². The molecule has 3 N–H and O–H groups in total. The highest BCUT2D eigenvalue weighted by Crippen LogP contribution is 2.17. The number of ether oxygens (including phenoxy) is 1. The molecule has 0 spiro atoms. The highest BCUT2D eigenvalue weighted by atomic mass is 16.5. The normalized spacial score (nSPS) is 12.0. The Morgan fingerprint density at radius 1 is 1.39 bits per heavy atom. The van der Waals surface area contributed by atoms with Crippen LogP contribution in [0.15, 0.2) is 36.0 Å². The molecular weight excluding hydrogens is 298 g/mol. The first kappa shape index (κ1) is 18.0. The maximum Gasteiger partial charge on any atom is 0.305 e. The minimum atomic E-state index is -0.956. The molecule has 122 valence electrons. The van der Waals surface area contributed by atoms with Gasteiger partial charge in [-0.15, -0.1) is 0 Å². The van der Waals surface area contributed by atoms with E-state index in [9.17, 15) is 9.59 Å². The molecule has 23 heavy (non-hydrogen) atoms. The summed E-state index contributed by atoms with van der Waals surface area (Å²) in [6, 6.07) is 8.71. The summed E-state index contributed by atoms with van der Waals surface area (Å²) in [6.07, 6.45) is 1.12. The van der Waals surface area contributed by atoms with Crippen molar-refractivity contribution in [2.75, 3.05) is 13.7 Å². The molecule has 1 unspecified atom stereocenters. The van der Waals surface area contributed by atoms with Gasteiger partial charge in [-0.3, -0.25) is 9.59 Å². The zero-order valence-electron chi connectivity index (χ0n) is 13.0. The van der Waals surface area contributed by atoms with E-state index in [-0.39, 0.29) is 24.6 Å². The van der Waals surface area contributed by atoms with Gasteiger partial charge >= 0.3 is 5.97 Å². The molecule has 0 aliphatic carbocycles. The van der Waals surface area contributed by atoms with Gasteiger partial charge in [0.15, 0.2) is 0 Å². The predicted octanol–water partition coefficient (Wildman–Crippen LogP) is 1.34. The van der Waals surface area contributed by atoms with Crippen molar-refractivity contribution in [1.82, 2.24) is 10.6 Å². The van der Waals surface area contributed by atoms with Crippen molar-refractivity contribution in [3.8, 4) is 11.8 Å². The zero-order valence-corrected chi connectivity index (χ0v) is 13.0. The summed E-state index contributed by atoms with van der Waals surface area (Å²) in [6.45, 7) is 1.94. The molecule has 0 saturated carbocycles. The standard InChI is InChI=1S/C16H19N3O4/c1-11(12-3-5-14(23-2)6-4-12)19-16(22)13(9-17)10-18-8-7-15(20)21/h3-6,10-11,18H,7-8H2,1-2H3,(H,19,22)(H,20,21)/b13-10-. The third-order valence-electron chi connectivity index (χ3n) is 3.06. The molecule has 7 heteroatoms. The number of nitrogens with one attached hydrogen (secondary N) is 2. The van der Waals surface area contributed by atoms with E-state index >= 15 is 0 Å². The number of amides is 1. The number of nitrogens with zero attached hydrogens (tertiary/aromatic N) is 1. The van der Waals surface area contributed by atoms with Crippen LogP contribution in [0.3, 0.4) is 0 Å². The monoisotopic (exact) mass is 317 g/mol. The lowest BCUT2D eigenvalue weighted by atomic mass is 10.1. The Morgan fingerprint density at radius 3 is 2.57 bits per heavy atom. The van der Waals surface area contributed by atoms with Crippen LogP contribution in [0.25, 0.3) is 0 Å². The Bertz CT molecular complexity index is 617. The van der Waals surface area contributed by atoms with Crippen LogP contribution in [0.4, 0.5) is 0 Å². The number of carbonyl (C=O) groups is 2. The van der Waals surface area contributed by atoms with E-state index in [4.69, 9.17) is 15.1 Å². The van der Waals surface area contributed by atoms with Crippen molar-refractivity contribution in [1.29, 1.82) is 5.26 Å². The molecule has 0 radical (unpaired) electrons. The summed E-state index contributed by atoms with van der Waals surface area (Å²) < 4.78 is 5.07. The molecule has 1 aromatic carbocycles. The molecular formula is C16H19N3O4. The lowest BCUT2D eigenvalue weighted by Crippen LogP contribution is -2.28. The summed E-state index contributed by atoms with van der Waals surface area (Å²) >= 11 is 0. The van der Waals surface area contributed by atoms with E-state index in [2.05, 4.69) is 10.6 Å². The average molecular weight is 317 g/mol. The Balaban J connectivity index is 2.62. The fraction of sp³-hybridized carbons (Fsp3) is 0.312. The lowest BCUT2D eigenvalue weighted by molar-refractivity contribution is -0.136. The molecule has 0 bridgehead atoms. The number of hydrogen-bond acceptors (Lipinski definition) is 5. The minimum Gasteiger partial charge on any atom is -0.497 e. The van der Waals surface area contributed by atoms with E-state index in [0.717, 1.165) is 5.56 Å². The summed E-state index contributed by atoms with van der Waals surface area (Å²) in [4.78, 5) is 22.4. The van der Waals surface area contributed by atoms with Crippen molar-refractivity contribution >= 4 is 11.9 Å². The molecule has 7 nitrogen and oxygen atoms in total. The fourth-order valence-electron chi connectivity index (χ4n) is 1.75. The first-order valence-corrected chi connectivity index (χ1v) is 6.98. The maximum atomic E-state index is 12.0. The second-order valence-electron chi connectivity index (χ2n) is 4.74. The van der Waals surface area contributed by atoms with Gasteiger partial charge in [0.25, 0.3) is 5.91 Å². The molecule has 0 aliphatic heterocycles. The third-order valence-corrected chi connectivity index (χ3v) is 3.06. The number of carboxylic acid groups (broad SMARTS) is 1. The Hall–Kier alpha value is -3.01. The van der Waals surface area contributed by atoms with Gasteiger partial charge in [-0.1, -0.05) is 12.1 Å². The molecule has 1 aromatic rings. The van der Waals surface area contributed by atoms with Crippen LogP contribution in [0.2, 0.25) is 0 Å². The third kappa shape index (κ3) is 6.09. The number of carboxylic acids is 1. The molecule has 0 heterocycles. The second kappa shape index (κ2) is 9.10. The van der Waals surface area contributed by atoms with Crippen LogP contribution in [-0.4, -0.2) is 30.6 Å². The Morgan fingerprint density at radius 2 is 2.04 bits per heavy atom. The first-order chi connectivity index (χ1) is 11.0. The smallest absolute Gasteiger partial charge is 0.305 e. The van der Waals surface area contributed by atoms with Crippen molar-refractivity contribution in [3.63, 3.8) is 0 Å². The predicted molar refractivity (Wildman–Crippen MR) is 83.5 cm³/mol. The molecule has 0 saturated heterocycles. The lowest BCUT2D eigenvalue weighted by Gasteiger charge is -2.14. The summed E-state index contributed by atoms with van der Waals surface area (Å²) in [7, 11) is 1.57. The van der Waals surface area contributed by atoms with Crippen molar-refractivity contribution in [3.05, 3.63) is 41.6 Å². The molecule has 1 rings (SSSR count). The summed E-state index contributed by atoms with van der Waals surface area (Å²) in [5.41, 5.74) is 0.756. The second-order valence-corrected chi connectivity index (χ2v) is 4.74. The summed E-state index contributed by atoms with van der Waals surface area (Å²) in [5, 5.41) is 22.9. The number of aliphatic carboxylic acids is 1. The van der Waals surface area contributed by atoms with Gasteiger partial charge in [0.05, 0.1) is 19.6 Å². The van der Waals surface area contributed by atoms with Gasteiger partial charge in [0.1, 0.15) is 17.4 Å². The average Bonchev–Trinajstić information content (AvgIpc) is 2.54. The van der Waals surface area contributed by atoms with Crippen LogP contribution >= 0.6 is 0 Å². The van der Waals surface area contributed by atoms with Crippen LogP contribution in [-0.2, 0) is 9.59 Å². The van der Waals surface area contributed by atoms with Crippen LogP contribution in [0, 0.1) is 11.3 Å². The van der Waals surface area contributed by atoms with Gasteiger partial charge in [-0.05, 0) is 24.6 Å². The molecule has 0 aliphatic rings. The van der Waals surface area contributed by atoms with Crippen LogP contribution < -0.4 is 15.4 Å². The van der Waals surface area contributed by atoms with E-state index in [1.54, 1.807) is 32.2 Å². The largest absolute Gasteiger partial charge is 0.497 e. The number of hydrogen-bond donors (Lipinski definition) is 3. The molecule has 0 fully saturated rings. The van der Waals surface area contributed by atoms with Gasteiger partial charge in [-0.25, -0.2) is 0 Å². The number of nitriles is 1. The highest BCUT2D eigenvalue weighted by molar-refractivity contribution is 5.97. The van der Waals surface area contributed by atoms with Crippen molar-refractivity contribution in [2.24, 2.45) is 0 Å². The van der Waals surface area contributed by atoms with Gasteiger partial charge in [-0.2, -0.15) is 5.26 Å². The van der Waals surface area contributed by atoms with E-state index in [1.165, 1.54) is 6.20 Å². The van der Waals surface area contributed by atoms with Gasteiger partial charge < -0.3 is 20.5 Å². The molecule has 1 atom stereocenters. The first-order valence-electron chi connectivity index (χ1n) is 6.98. The zero-order chi connectivity index (χ0) is 17.2. The van der Waals surface area contributed by atoms with Gasteiger partial charge in [0, 0.05) is 12.7 Å². The summed E-state index contributed by atoms with van der Waals surface area (Å²) in [5.74, 6) is -0.770. The number of carbonyl (C=O) groups excluding carboxylic acids is 1. The minimum absolute atomic E-state index is 0.0981. The Kier molecular flexibility index (Phi) is 7.14. The van der Waals surface area contributed by atoms with Crippen LogP contribution in [0.5, 0.6) is 5.75 Å². The van der Waals surface area contributed by atoms with Crippen molar-refractivity contribution < 1.29 is 19.4 Å². The number of methoxy groups -OCH3 is 1. The highest BCUT2D eigenvalue weighted by Gasteiger charge is 2.13. The quantitative estimate of drug-likeness (QED) is 0.379. The topological polar surface area (TPSA) is 111 Å². The van der Waals surface area contributed by atoms with Crippen molar-refractivity contribution in [2.45, 2.75) is 19.4 Å². The maximum absolute atomic E-state index is 12.0. The Labute approximate surface area is 134 Å².